The number of halogens is 2. The Bertz CT molecular complexity index is 435. The number of hydrogen-bond donors (Lipinski definition) is 2. The summed E-state index contributed by atoms with van der Waals surface area (Å²) >= 11 is 11.1. The van der Waals surface area contributed by atoms with Gasteiger partial charge in [0.1, 0.15) is 6.61 Å². The standard InChI is InChI=1S/C6H4Cl2.C4H8O3.C4H6O2.Cu/c7-5-2-1-3-6(8)4-5;1-2-7-3-4(5)6;1-2-3-4(5)6;/h1-4H;2-3H2,1H3,(H,5,6);2-3H,1H3,(H,5,6);. The van der Waals surface area contributed by atoms with E-state index < -0.39 is 11.9 Å². The Morgan fingerprint density at radius 2 is 1.73 bits per heavy atom. The number of ether oxygens (including phenoxy) is 1. The molecule has 8 heteroatoms. The van der Waals surface area contributed by atoms with Crippen LogP contribution in [0.1, 0.15) is 13.8 Å². The van der Waals surface area contributed by atoms with Gasteiger partial charge in [0.15, 0.2) is 0 Å². The van der Waals surface area contributed by atoms with Gasteiger partial charge in [-0.05, 0) is 32.0 Å². The summed E-state index contributed by atoms with van der Waals surface area (Å²) in [6, 6.07) is 7.08. The second-order valence-electron chi connectivity index (χ2n) is 3.31. The van der Waals surface area contributed by atoms with Crippen LogP contribution in [0.4, 0.5) is 0 Å². The van der Waals surface area contributed by atoms with Crippen molar-refractivity contribution >= 4 is 35.1 Å². The fourth-order valence-corrected chi connectivity index (χ4v) is 1.23. The van der Waals surface area contributed by atoms with Crippen molar-refractivity contribution in [2.75, 3.05) is 13.2 Å². The number of rotatable bonds is 4. The molecule has 1 aromatic rings. The average molecular weight is 401 g/mol. The quantitative estimate of drug-likeness (QED) is 0.594. The van der Waals surface area contributed by atoms with Crippen molar-refractivity contribution in [3.05, 3.63) is 46.5 Å². The number of carboxylic acid groups (broad SMARTS) is 2. The van der Waals surface area contributed by atoms with Crippen LogP contribution in [0.2, 0.25) is 10.0 Å². The second-order valence-corrected chi connectivity index (χ2v) is 4.18. The van der Waals surface area contributed by atoms with Gasteiger partial charge in [-0.25, -0.2) is 9.59 Å². The van der Waals surface area contributed by atoms with E-state index in [1.165, 1.54) is 6.08 Å². The molecule has 0 atom stereocenters. The van der Waals surface area contributed by atoms with Gasteiger partial charge in [0.2, 0.25) is 0 Å². The Hall–Kier alpha value is -1.04. The summed E-state index contributed by atoms with van der Waals surface area (Å²) in [4.78, 5) is 19.1. The third kappa shape index (κ3) is 24.0. The Balaban J connectivity index is -0.000000244. The van der Waals surface area contributed by atoms with E-state index >= 15 is 0 Å². The molecule has 0 saturated heterocycles. The maximum Gasteiger partial charge on any atom is 0.329 e. The molecule has 0 aliphatic rings. The van der Waals surface area contributed by atoms with Crippen molar-refractivity contribution in [2.45, 2.75) is 13.8 Å². The monoisotopic (exact) mass is 399 g/mol. The van der Waals surface area contributed by atoms with Gasteiger partial charge < -0.3 is 14.9 Å². The van der Waals surface area contributed by atoms with Crippen LogP contribution in [0.3, 0.4) is 0 Å². The summed E-state index contributed by atoms with van der Waals surface area (Å²) in [7, 11) is 0. The van der Waals surface area contributed by atoms with E-state index in [4.69, 9.17) is 33.4 Å². The van der Waals surface area contributed by atoms with Crippen molar-refractivity contribution in [1.82, 2.24) is 0 Å². The van der Waals surface area contributed by atoms with Crippen LogP contribution < -0.4 is 0 Å². The van der Waals surface area contributed by atoms with Crippen molar-refractivity contribution in [1.29, 1.82) is 0 Å². The molecule has 0 aliphatic carbocycles. The fraction of sp³-hybridized carbons (Fsp3) is 0.286. The van der Waals surface area contributed by atoms with E-state index in [0.29, 0.717) is 16.7 Å². The minimum Gasteiger partial charge on any atom is -0.480 e. The maximum atomic E-state index is 9.63. The Morgan fingerprint density at radius 1 is 1.23 bits per heavy atom. The van der Waals surface area contributed by atoms with Gasteiger partial charge >= 0.3 is 11.9 Å². The fourth-order valence-electron chi connectivity index (χ4n) is 0.792. The van der Waals surface area contributed by atoms with Crippen LogP contribution in [0, 0.1) is 0 Å². The SMILES string of the molecule is CC=CC(=O)O.CCOCC(=O)O.Clc1cccc(Cl)c1.[Cu]. The first kappa shape index (κ1) is 25.9. The molecular formula is C14H18Cl2CuO5. The third-order valence-electron chi connectivity index (χ3n) is 1.53. The summed E-state index contributed by atoms with van der Waals surface area (Å²) in [6.07, 6.45) is 2.56. The molecule has 0 unspecified atom stereocenters. The summed E-state index contributed by atoms with van der Waals surface area (Å²) in [5.41, 5.74) is 0. The zero-order valence-electron chi connectivity index (χ0n) is 12.1. The van der Waals surface area contributed by atoms with Gasteiger partial charge in [0.25, 0.3) is 0 Å². The van der Waals surface area contributed by atoms with E-state index in [2.05, 4.69) is 4.74 Å². The summed E-state index contributed by atoms with van der Waals surface area (Å²) in [5.74, 6) is -1.81. The van der Waals surface area contributed by atoms with E-state index in [0.717, 1.165) is 6.08 Å². The molecule has 0 fully saturated rings. The third-order valence-corrected chi connectivity index (χ3v) is 2.00. The summed E-state index contributed by atoms with van der Waals surface area (Å²) in [5, 5.41) is 17.1. The molecule has 2 N–H and O–H groups in total. The minimum atomic E-state index is -0.915. The van der Waals surface area contributed by atoms with Crippen LogP contribution in [-0.4, -0.2) is 35.4 Å². The summed E-state index contributed by atoms with van der Waals surface area (Å²) in [6.45, 7) is 3.69. The van der Waals surface area contributed by atoms with Crippen molar-refractivity contribution in [3.8, 4) is 0 Å². The predicted octanol–water partition coefficient (Wildman–Crippen LogP) is 3.75. The number of benzene rings is 1. The first-order valence-corrected chi connectivity index (χ1v) is 6.65. The molecule has 0 saturated carbocycles. The second kappa shape index (κ2) is 18.0. The largest absolute Gasteiger partial charge is 0.480 e. The molecule has 1 rings (SSSR count). The van der Waals surface area contributed by atoms with Crippen LogP contribution in [-0.2, 0) is 31.4 Å². The number of hydrogen-bond acceptors (Lipinski definition) is 3. The molecule has 0 aromatic heterocycles. The number of carbonyl (C=O) groups is 2. The van der Waals surface area contributed by atoms with Crippen molar-refractivity contribution in [2.24, 2.45) is 0 Å². The van der Waals surface area contributed by atoms with E-state index in [1.54, 1.807) is 32.0 Å². The smallest absolute Gasteiger partial charge is 0.329 e. The van der Waals surface area contributed by atoms with Crippen LogP contribution in [0.25, 0.3) is 0 Å². The van der Waals surface area contributed by atoms with Gasteiger partial charge in [-0.3, -0.25) is 0 Å². The molecule has 5 nitrogen and oxygen atoms in total. The molecule has 1 aromatic carbocycles. The average Bonchev–Trinajstić information content (AvgIpc) is 2.37. The maximum absolute atomic E-state index is 9.63. The molecule has 129 valence electrons. The molecule has 0 amide bonds. The molecule has 0 aliphatic heterocycles. The number of aliphatic carboxylic acids is 2. The zero-order valence-corrected chi connectivity index (χ0v) is 14.5. The van der Waals surface area contributed by atoms with E-state index in [9.17, 15) is 9.59 Å². The first-order valence-electron chi connectivity index (χ1n) is 5.89. The molecule has 0 spiro atoms. The van der Waals surface area contributed by atoms with Crippen LogP contribution in [0.15, 0.2) is 36.4 Å². The Morgan fingerprint density at radius 3 is 1.86 bits per heavy atom. The van der Waals surface area contributed by atoms with Crippen LogP contribution >= 0.6 is 23.2 Å². The van der Waals surface area contributed by atoms with Gasteiger partial charge in [0.05, 0.1) is 0 Å². The Labute approximate surface area is 150 Å². The van der Waals surface area contributed by atoms with Crippen molar-refractivity contribution < 1.29 is 41.6 Å². The van der Waals surface area contributed by atoms with E-state index in [1.807, 2.05) is 6.07 Å². The Kier molecular flexibility index (Phi) is 21.2. The molecular weight excluding hydrogens is 383 g/mol. The zero-order chi connectivity index (χ0) is 16.7. The molecule has 0 bridgehead atoms. The van der Waals surface area contributed by atoms with Gasteiger partial charge in [-0.2, -0.15) is 0 Å². The van der Waals surface area contributed by atoms with Crippen LogP contribution in [0.5, 0.6) is 0 Å². The van der Waals surface area contributed by atoms with E-state index in [-0.39, 0.29) is 23.7 Å². The molecule has 0 heterocycles. The van der Waals surface area contributed by atoms with Gasteiger partial charge in [0, 0.05) is 39.8 Å². The summed E-state index contributed by atoms with van der Waals surface area (Å²) < 4.78 is 4.50. The molecule has 1 radical (unpaired) electrons. The number of carboxylic acids is 2. The van der Waals surface area contributed by atoms with Gasteiger partial charge in [-0.15, -0.1) is 0 Å². The number of allylic oxidation sites excluding steroid dienone is 1. The van der Waals surface area contributed by atoms with Crippen molar-refractivity contribution in [3.63, 3.8) is 0 Å². The van der Waals surface area contributed by atoms with Gasteiger partial charge in [-0.1, -0.05) is 35.3 Å². The normalized spacial score (nSPS) is 8.73. The first-order chi connectivity index (χ1) is 9.83. The molecule has 22 heavy (non-hydrogen) atoms. The topological polar surface area (TPSA) is 83.8 Å². The predicted molar refractivity (Wildman–Crippen MR) is 83.0 cm³/mol. The minimum absolute atomic E-state index is 0.